The smallest absolute Gasteiger partial charge is 0.0307 e. The largest absolute Gasteiger partial charge is 0.122 e. The maximum absolute atomic E-state index is 3.84. The lowest BCUT2D eigenvalue weighted by atomic mass is 9.92. The van der Waals surface area contributed by atoms with Crippen LogP contribution in [0.15, 0.2) is 41.5 Å². The van der Waals surface area contributed by atoms with E-state index >= 15 is 0 Å². The zero-order valence-corrected chi connectivity index (χ0v) is 8.99. The van der Waals surface area contributed by atoms with Crippen LogP contribution in [0.2, 0.25) is 0 Å². The second-order valence-corrected chi connectivity index (χ2v) is 4.33. The highest BCUT2D eigenvalue weighted by molar-refractivity contribution is 8.02. The van der Waals surface area contributed by atoms with Crippen molar-refractivity contribution < 1.29 is 0 Å². The van der Waals surface area contributed by atoms with E-state index in [1.54, 1.807) is 0 Å². The van der Waals surface area contributed by atoms with Crippen molar-refractivity contribution in [1.29, 1.82) is 0 Å². The zero-order valence-electron chi connectivity index (χ0n) is 8.18. The van der Waals surface area contributed by atoms with E-state index < -0.39 is 0 Å². The van der Waals surface area contributed by atoms with Gasteiger partial charge in [-0.05, 0) is 31.8 Å². The lowest BCUT2D eigenvalue weighted by Crippen LogP contribution is -2.10. The zero-order chi connectivity index (χ0) is 9.68. The first-order valence-corrected chi connectivity index (χ1v) is 5.55. The van der Waals surface area contributed by atoms with Crippen LogP contribution in [-0.2, 0) is 0 Å². The van der Waals surface area contributed by atoms with E-state index in [-0.39, 0.29) is 0 Å². The molecule has 0 aromatic carbocycles. The Morgan fingerprint density at radius 1 is 1.62 bits per heavy atom. The van der Waals surface area contributed by atoms with Gasteiger partial charge in [-0.15, -0.1) is 17.5 Å². The molecular weight excluding hydrogens is 176 g/mol. The van der Waals surface area contributed by atoms with Gasteiger partial charge in [-0.3, -0.25) is 0 Å². The second kappa shape index (κ2) is 5.16. The van der Waals surface area contributed by atoms with Crippen LogP contribution in [0.4, 0.5) is 0 Å². The van der Waals surface area contributed by atoms with E-state index in [9.17, 15) is 0 Å². The van der Waals surface area contributed by atoms with Gasteiger partial charge in [0.05, 0.1) is 0 Å². The quantitative estimate of drug-likeness (QED) is 0.607. The average molecular weight is 192 g/mol. The van der Waals surface area contributed by atoms with Gasteiger partial charge in [0.25, 0.3) is 0 Å². The molecule has 1 aliphatic rings. The average Bonchev–Trinajstić information content (AvgIpc) is 2.16. The van der Waals surface area contributed by atoms with Gasteiger partial charge < -0.3 is 0 Å². The molecule has 13 heavy (non-hydrogen) atoms. The van der Waals surface area contributed by atoms with Crippen molar-refractivity contribution in [2.45, 2.75) is 31.4 Å². The van der Waals surface area contributed by atoms with E-state index in [1.807, 2.05) is 23.2 Å². The van der Waals surface area contributed by atoms with Gasteiger partial charge >= 0.3 is 0 Å². The molecule has 0 spiro atoms. The van der Waals surface area contributed by atoms with Crippen molar-refractivity contribution in [1.82, 2.24) is 0 Å². The Bertz CT molecular complexity index is 267. The van der Waals surface area contributed by atoms with Gasteiger partial charge in [0.15, 0.2) is 0 Å². The predicted molar refractivity (Wildman–Crippen MR) is 61.8 cm³/mol. The topological polar surface area (TPSA) is 0 Å². The highest BCUT2D eigenvalue weighted by Gasteiger charge is 2.17. The Morgan fingerprint density at radius 2 is 2.38 bits per heavy atom. The van der Waals surface area contributed by atoms with Crippen LogP contribution in [-0.4, -0.2) is 5.25 Å². The molecule has 0 saturated carbocycles. The van der Waals surface area contributed by atoms with Crippen molar-refractivity contribution in [3.05, 3.63) is 41.5 Å². The normalized spacial score (nSPS) is 22.4. The molecule has 0 N–H and O–H groups in total. The first-order chi connectivity index (χ1) is 6.29. The molecule has 70 valence electrons. The molecule has 0 amide bonds. The summed E-state index contributed by atoms with van der Waals surface area (Å²) in [5.41, 5.74) is 5.72. The van der Waals surface area contributed by atoms with Crippen molar-refractivity contribution in [2.75, 3.05) is 0 Å². The third kappa shape index (κ3) is 2.65. The SMILES string of the molecule is C=C=CSC1CCCC(C=C)=C1C. The summed E-state index contributed by atoms with van der Waals surface area (Å²) in [6.45, 7) is 9.63. The van der Waals surface area contributed by atoms with Crippen LogP contribution in [0.3, 0.4) is 0 Å². The summed E-state index contributed by atoms with van der Waals surface area (Å²) in [7, 11) is 0. The van der Waals surface area contributed by atoms with Crippen molar-refractivity contribution >= 4 is 11.8 Å². The molecule has 1 rings (SSSR count). The minimum absolute atomic E-state index is 0.621. The molecule has 0 nitrogen and oxygen atoms in total. The number of hydrogen-bond acceptors (Lipinski definition) is 1. The van der Waals surface area contributed by atoms with Crippen molar-refractivity contribution in [3.8, 4) is 0 Å². The maximum atomic E-state index is 3.84. The molecule has 0 aromatic rings. The standard InChI is InChI=1S/C12H16S/c1-4-9-13-12-8-6-7-11(5-2)10(12)3/h5,9,12H,1-2,6-8H2,3H3. The lowest BCUT2D eigenvalue weighted by molar-refractivity contribution is 0.696. The fourth-order valence-electron chi connectivity index (χ4n) is 1.66. The maximum Gasteiger partial charge on any atom is 0.0307 e. The highest BCUT2D eigenvalue weighted by Crippen LogP contribution is 2.33. The van der Waals surface area contributed by atoms with Crippen molar-refractivity contribution in [3.63, 3.8) is 0 Å². The fourth-order valence-corrected chi connectivity index (χ4v) is 2.58. The Labute approximate surface area is 85.1 Å². The molecule has 1 unspecified atom stereocenters. The van der Waals surface area contributed by atoms with Gasteiger partial charge in [-0.25, -0.2) is 0 Å². The third-order valence-electron chi connectivity index (χ3n) is 2.46. The summed E-state index contributed by atoms with van der Waals surface area (Å²) < 4.78 is 0. The molecule has 1 atom stereocenters. The van der Waals surface area contributed by atoms with Crippen molar-refractivity contribution in [2.24, 2.45) is 0 Å². The summed E-state index contributed by atoms with van der Waals surface area (Å²) in [5, 5.41) is 2.58. The number of rotatable bonds is 3. The molecule has 0 saturated heterocycles. The van der Waals surface area contributed by atoms with Gasteiger partial charge in [-0.2, -0.15) is 0 Å². The lowest BCUT2D eigenvalue weighted by Gasteiger charge is -2.23. The van der Waals surface area contributed by atoms with Crippen LogP contribution in [0.1, 0.15) is 26.2 Å². The molecular formula is C12H16S. The first kappa shape index (κ1) is 10.4. The summed E-state index contributed by atoms with van der Waals surface area (Å²) in [6, 6.07) is 0. The third-order valence-corrected chi connectivity index (χ3v) is 3.68. The Kier molecular flexibility index (Phi) is 4.14. The van der Waals surface area contributed by atoms with Gasteiger partial charge in [0, 0.05) is 10.7 Å². The first-order valence-electron chi connectivity index (χ1n) is 4.61. The van der Waals surface area contributed by atoms with E-state index in [0.717, 1.165) is 0 Å². The van der Waals surface area contributed by atoms with Crippen LogP contribution < -0.4 is 0 Å². The second-order valence-electron chi connectivity index (χ2n) is 3.25. The molecule has 0 fully saturated rings. The van der Waals surface area contributed by atoms with Gasteiger partial charge in [0.2, 0.25) is 0 Å². The van der Waals surface area contributed by atoms with Gasteiger partial charge in [0.1, 0.15) is 0 Å². The van der Waals surface area contributed by atoms with E-state index in [4.69, 9.17) is 0 Å². The minimum Gasteiger partial charge on any atom is -0.122 e. The number of hydrogen-bond donors (Lipinski definition) is 0. The summed E-state index contributed by atoms with van der Waals surface area (Å²) in [4.78, 5) is 0. The Hall–Kier alpha value is -0.650. The molecule has 0 heterocycles. The summed E-state index contributed by atoms with van der Waals surface area (Å²) >= 11 is 1.82. The molecule has 1 heteroatoms. The molecule has 0 bridgehead atoms. The molecule has 1 aliphatic carbocycles. The Morgan fingerprint density at radius 3 is 3.00 bits per heavy atom. The van der Waals surface area contributed by atoms with Crippen LogP contribution in [0.5, 0.6) is 0 Å². The Balaban J connectivity index is 2.74. The predicted octanol–water partition coefficient (Wildman–Crippen LogP) is 4.07. The molecule has 0 aliphatic heterocycles. The monoisotopic (exact) mass is 192 g/mol. The van der Waals surface area contributed by atoms with Crippen LogP contribution >= 0.6 is 11.8 Å². The van der Waals surface area contributed by atoms with E-state index in [1.165, 1.54) is 30.4 Å². The van der Waals surface area contributed by atoms with Crippen LogP contribution in [0.25, 0.3) is 0 Å². The number of allylic oxidation sites excluding steroid dienone is 2. The highest BCUT2D eigenvalue weighted by atomic mass is 32.2. The summed E-state index contributed by atoms with van der Waals surface area (Å²) in [6.07, 6.45) is 5.75. The summed E-state index contributed by atoms with van der Waals surface area (Å²) in [5.74, 6) is 0. The fraction of sp³-hybridized carbons (Fsp3) is 0.417. The molecule has 0 aromatic heterocycles. The number of thioether (sulfide) groups is 1. The van der Waals surface area contributed by atoms with E-state index in [2.05, 4.69) is 25.8 Å². The van der Waals surface area contributed by atoms with Gasteiger partial charge in [-0.1, -0.05) is 24.8 Å². The minimum atomic E-state index is 0.621. The molecule has 0 radical (unpaired) electrons. The van der Waals surface area contributed by atoms with E-state index in [0.29, 0.717) is 5.25 Å². The van der Waals surface area contributed by atoms with Crippen LogP contribution in [0, 0.1) is 0 Å².